The van der Waals surface area contributed by atoms with Gasteiger partial charge in [0.15, 0.2) is 22.7 Å². The highest BCUT2D eigenvalue weighted by Gasteiger charge is 2.26. The summed E-state index contributed by atoms with van der Waals surface area (Å²) in [6, 6.07) is 2.93. The van der Waals surface area contributed by atoms with Gasteiger partial charge in [0.1, 0.15) is 6.61 Å². The molecule has 1 aliphatic rings. The summed E-state index contributed by atoms with van der Waals surface area (Å²) in [5.74, 6) is 0.877. The zero-order valence-corrected chi connectivity index (χ0v) is 24.7. The van der Waals surface area contributed by atoms with E-state index in [0.29, 0.717) is 34.4 Å². The van der Waals surface area contributed by atoms with Gasteiger partial charge in [0.05, 0.1) is 66.2 Å². The number of benzene rings is 1. The first-order valence-electron chi connectivity index (χ1n) is 13.1. The molecule has 0 spiro atoms. The van der Waals surface area contributed by atoms with Gasteiger partial charge in [0, 0.05) is 27.1 Å². The average Bonchev–Trinajstić information content (AvgIpc) is 3.33. The molecule has 226 valence electrons. The molecule has 0 amide bonds. The van der Waals surface area contributed by atoms with Crippen molar-refractivity contribution >= 4 is 23.1 Å². The van der Waals surface area contributed by atoms with Gasteiger partial charge in [-0.3, -0.25) is 13.9 Å². The van der Waals surface area contributed by atoms with E-state index in [2.05, 4.69) is 9.88 Å². The van der Waals surface area contributed by atoms with Crippen molar-refractivity contribution in [1.82, 2.24) is 18.7 Å². The van der Waals surface area contributed by atoms with Crippen molar-refractivity contribution in [2.45, 2.75) is 13.0 Å². The molecule has 1 fully saturated rings. The number of carbonyl (C=O) groups is 1. The van der Waals surface area contributed by atoms with E-state index in [9.17, 15) is 14.4 Å². The number of hydrogen-bond donors (Lipinski definition) is 2. The topological polar surface area (TPSA) is 144 Å². The molecule has 4 rings (SSSR count). The van der Waals surface area contributed by atoms with E-state index in [1.54, 1.807) is 18.7 Å². The highest BCUT2D eigenvalue weighted by Crippen LogP contribution is 2.38. The fourth-order valence-electron chi connectivity index (χ4n) is 5.03. The lowest BCUT2D eigenvalue weighted by molar-refractivity contribution is -0.900. The van der Waals surface area contributed by atoms with Crippen molar-refractivity contribution in [3.05, 3.63) is 38.5 Å². The molecule has 1 aromatic carbocycles. The molecule has 41 heavy (non-hydrogen) atoms. The first-order chi connectivity index (χ1) is 19.2. The molecule has 1 saturated heterocycles. The van der Waals surface area contributed by atoms with Crippen molar-refractivity contribution in [2.75, 3.05) is 72.2 Å². The van der Waals surface area contributed by atoms with Crippen LogP contribution in [0, 0.1) is 0 Å². The van der Waals surface area contributed by atoms with Gasteiger partial charge >= 0.3 is 11.7 Å². The number of carbonyl (C=O) groups excluding carboxylic acids is 1. The van der Waals surface area contributed by atoms with Gasteiger partial charge < -0.3 is 50.8 Å². The van der Waals surface area contributed by atoms with Gasteiger partial charge in [0.25, 0.3) is 5.56 Å². The number of imidazole rings is 1. The number of aliphatic hydroxyl groups excluding tert-OH is 1. The van der Waals surface area contributed by atoms with Crippen LogP contribution in [0.1, 0.15) is 16.8 Å². The molecule has 0 unspecified atom stereocenters. The van der Waals surface area contributed by atoms with Crippen LogP contribution in [0.5, 0.6) is 17.2 Å². The van der Waals surface area contributed by atoms with E-state index in [1.807, 2.05) is 0 Å². The number of fused-ring (bicyclic) bond motifs is 1. The molecule has 0 saturated carbocycles. The highest BCUT2D eigenvalue weighted by molar-refractivity contribution is 5.91. The number of aryl methyl sites for hydroxylation is 2. The van der Waals surface area contributed by atoms with Crippen LogP contribution in [-0.4, -0.2) is 97.0 Å². The molecule has 3 aromatic rings. The number of nitrogens with one attached hydrogen (secondary N) is 1. The van der Waals surface area contributed by atoms with Gasteiger partial charge in [-0.2, -0.15) is 4.98 Å². The Hall–Kier alpha value is -3.75. The normalized spacial score (nSPS) is 13.7. The molecule has 0 bridgehead atoms. The minimum absolute atomic E-state index is 0. The van der Waals surface area contributed by atoms with Gasteiger partial charge in [-0.1, -0.05) is 0 Å². The Bertz CT molecular complexity index is 1470. The Morgan fingerprint density at radius 2 is 1.66 bits per heavy atom. The van der Waals surface area contributed by atoms with E-state index in [0.717, 1.165) is 43.7 Å². The van der Waals surface area contributed by atoms with Crippen LogP contribution in [-0.2, 0) is 25.4 Å². The third kappa shape index (κ3) is 6.29. The monoisotopic (exact) mass is 596 g/mol. The van der Waals surface area contributed by atoms with E-state index in [4.69, 9.17) is 24.1 Å². The molecule has 2 N–H and O–H groups in total. The lowest BCUT2D eigenvalue weighted by Crippen LogP contribution is -3.15. The molecule has 3 heterocycles. The number of aliphatic hydroxyl groups is 1. The summed E-state index contributed by atoms with van der Waals surface area (Å²) in [7, 11) is 7.66. The number of methoxy groups -OCH3 is 3. The molecule has 0 aliphatic carbocycles. The maximum atomic E-state index is 13.4. The fourth-order valence-corrected chi connectivity index (χ4v) is 5.03. The maximum absolute atomic E-state index is 13.4. The van der Waals surface area contributed by atoms with Gasteiger partial charge in [-0.05, 0) is 12.1 Å². The van der Waals surface area contributed by atoms with Crippen LogP contribution < -0.4 is 47.7 Å². The van der Waals surface area contributed by atoms with Gasteiger partial charge in [-0.15, -0.1) is 0 Å². The third-order valence-corrected chi connectivity index (χ3v) is 7.23. The Kier molecular flexibility index (Phi) is 10.7. The van der Waals surface area contributed by atoms with Crippen LogP contribution in [0.3, 0.4) is 0 Å². The zero-order chi connectivity index (χ0) is 29.0. The fraction of sp³-hybridized carbons (Fsp3) is 0.538. The highest BCUT2D eigenvalue weighted by atomic mass is 35.5. The number of rotatable bonds is 11. The molecular formula is C26H37ClN6O8. The van der Waals surface area contributed by atoms with Crippen molar-refractivity contribution in [2.24, 2.45) is 14.1 Å². The smallest absolute Gasteiger partial charge is 0.338 e. The summed E-state index contributed by atoms with van der Waals surface area (Å²) in [4.78, 5) is 47.4. The zero-order valence-electron chi connectivity index (χ0n) is 23.9. The average molecular weight is 597 g/mol. The summed E-state index contributed by atoms with van der Waals surface area (Å²) in [6.45, 7) is 4.03. The predicted octanol–water partition coefficient (Wildman–Crippen LogP) is -4.59. The molecule has 0 atom stereocenters. The minimum Gasteiger partial charge on any atom is -1.00 e. The summed E-state index contributed by atoms with van der Waals surface area (Å²) >= 11 is 0. The number of aromatic nitrogens is 4. The summed E-state index contributed by atoms with van der Waals surface area (Å²) in [5, 5.41) is 9.10. The Labute approximate surface area is 243 Å². The predicted molar refractivity (Wildman–Crippen MR) is 146 cm³/mol. The van der Waals surface area contributed by atoms with Crippen molar-refractivity contribution in [3.63, 3.8) is 0 Å². The number of esters is 1. The van der Waals surface area contributed by atoms with Crippen LogP contribution in [0.4, 0.5) is 5.95 Å². The number of quaternary nitrogens is 1. The molecule has 0 radical (unpaired) electrons. The lowest BCUT2D eigenvalue weighted by atomic mass is 10.2. The largest absolute Gasteiger partial charge is 1.00 e. The molecular weight excluding hydrogens is 560 g/mol. The second kappa shape index (κ2) is 13.7. The number of halogens is 1. The molecule has 2 aromatic heterocycles. The number of piperazine rings is 1. The Morgan fingerprint density at radius 1 is 1.02 bits per heavy atom. The molecule has 1 aliphatic heterocycles. The Balaban J connectivity index is 0.00000462. The first kappa shape index (κ1) is 31.8. The standard InChI is InChI=1S/C26H36N6O8.ClH/c1-28-20-22(27-25(28)31-10-8-30(9-11-31)7-6-13-33)29(2)26(36)32(23(20)34)12-14-40-24(35)17-15-18(37-3)21(39-5)19(16-17)38-4;/h15-16,33H,6-14H2,1-5H3;1H. The van der Waals surface area contributed by atoms with Crippen LogP contribution in [0.2, 0.25) is 0 Å². The van der Waals surface area contributed by atoms with Gasteiger partial charge in [-0.25, -0.2) is 9.59 Å². The minimum atomic E-state index is -0.673. The van der Waals surface area contributed by atoms with E-state index in [1.165, 1.54) is 42.9 Å². The maximum Gasteiger partial charge on any atom is 0.338 e. The van der Waals surface area contributed by atoms with Crippen molar-refractivity contribution < 1.29 is 46.2 Å². The SMILES string of the molecule is COc1cc(C(=O)OCCn2c(=O)c3c(nc(N4CC[NH+](CCCO)CC4)n3C)n(C)c2=O)cc(OC)c1OC.[Cl-]. The van der Waals surface area contributed by atoms with Crippen LogP contribution in [0.25, 0.3) is 11.2 Å². The third-order valence-electron chi connectivity index (χ3n) is 7.23. The van der Waals surface area contributed by atoms with Crippen LogP contribution >= 0.6 is 0 Å². The number of hydrogen-bond acceptors (Lipinski definition) is 10. The van der Waals surface area contributed by atoms with E-state index >= 15 is 0 Å². The second-order valence-corrected chi connectivity index (χ2v) is 9.56. The number of ether oxygens (including phenoxy) is 4. The summed E-state index contributed by atoms with van der Waals surface area (Å²) in [6.07, 6.45) is 0.765. The first-order valence-corrected chi connectivity index (χ1v) is 13.1. The van der Waals surface area contributed by atoms with E-state index < -0.39 is 17.2 Å². The Morgan fingerprint density at radius 3 is 2.22 bits per heavy atom. The summed E-state index contributed by atoms with van der Waals surface area (Å²) in [5.41, 5.74) is -0.296. The van der Waals surface area contributed by atoms with Gasteiger partial charge in [0.2, 0.25) is 11.7 Å². The lowest BCUT2D eigenvalue weighted by Gasteiger charge is -2.32. The molecule has 14 nitrogen and oxygen atoms in total. The van der Waals surface area contributed by atoms with Crippen molar-refractivity contribution in [1.29, 1.82) is 0 Å². The van der Waals surface area contributed by atoms with Crippen molar-refractivity contribution in [3.8, 4) is 17.2 Å². The van der Waals surface area contributed by atoms with Crippen LogP contribution in [0.15, 0.2) is 21.7 Å². The number of nitrogens with zero attached hydrogens (tertiary/aromatic N) is 5. The quantitative estimate of drug-likeness (QED) is 0.208. The molecule has 15 heteroatoms. The van der Waals surface area contributed by atoms with E-state index in [-0.39, 0.29) is 37.7 Å². The second-order valence-electron chi connectivity index (χ2n) is 9.56. The number of anilines is 1. The summed E-state index contributed by atoms with van der Waals surface area (Å²) < 4.78 is 25.3.